The Kier molecular flexibility index (Phi) is 9.11. The highest BCUT2D eigenvalue weighted by atomic mass is 16.4. The van der Waals surface area contributed by atoms with Gasteiger partial charge in [0.2, 0.25) is 5.76 Å². The molecule has 0 spiro atoms. The predicted octanol–water partition coefficient (Wildman–Crippen LogP) is 1.21. The Morgan fingerprint density at radius 3 is 1.79 bits per heavy atom. The highest BCUT2D eigenvalue weighted by molar-refractivity contribution is 5.99. The van der Waals surface area contributed by atoms with Crippen LogP contribution in [0, 0.1) is 0 Å². The molecule has 7 heteroatoms. The molecule has 0 amide bonds. The van der Waals surface area contributed by atoms with E-state index in [0.717, 1.165) is 38.0 Å². The molecule has 0 aliphatic rings. The summed E-state index contributed by atoms with van der Waals surface area (Å²) >= 11 is 0. The summed E-state index contributed by atoms with van der Waals surface area (Å²) in [6, 6.07) is 1.09. The largest absolute Gasteiger partial charge is 0.478 e. The molecule has 0 saturated carbocycles. The molecule has 0 aliphatic carbocycles. The van der Waals surface area contributed by atoms with Gasteiger partial charge in [0.15, 0.2) is 0 Å². The van der Waals surface area contributed by atoms with Crippen molar-refractivity contribution in [2.75, 3.05) is 13.2 Å². The van der Waals surface area contributed by atoms with E-state index in [2.05, 4.69) is 4.42 Å². The van der Waals surface area contributed by atoms with E-state index < -0.39 is 17.7 Å². The van der Waals surface area contributed by atoms with Gasteiger partial charge in [-0.05, 0) is 18.9 Å². The number of carboxylic acid groups (broad SMARTS) is 2. The predicted molar refractivity (Wildman–Crippen MR) is 65.3 cm³/mol. The van der Waals surface area contributed by atoms with Crippen LogP contribution in [0.1, 0.15) is 46.6 Å². The first-order valence-electron chi connectivity index (χ1n) is 5.80. The van der Waals surface area contributed by atoms with Gasteiger partial charge in [-0.15, -0.1) is 0 Å². The molecule has 19 heavy (non-hydrogen) atoms. The van der Waals surface area contributed by atoms with E-state index in [1.54, 1.807) is 0 Å². The summed E-state index contributed by atoms with van der Waals surface area (Å²) in [5.74, 6) is -3.24. The van der Waals surface area contributed by atoms with Gasteiger partial charge in [-0.25, -0.2) is 9.59 Å². The number of unbranched alkanes of at least 4 members (excludes halogenated alkanes) is 3. The lowest BCUT2D eigenvalue weighted by Gasteiger charge is -1.93. The van der Waals surface area contributed by atoms with Crippen LogP contribution in [0.25, 0.3) is 0 Å². The van der Waals surface area contributed by atoms with Crippen molar-refractivity contribution < 1.29 is 34.4 Å². The van der Waals surface area contributed by atoms with Crippen LogP contribution >= 0.6 is 0 Å². The standard InChI is InChI=1S/C6H4O5.C6H14O2/c7-5(8)3-1-2-11-4(3)6(9)10;7-5-3-1-2-4-6-8/h1-2H,(H,7,8)(H,9,10);7-8H,1-6H2. The van der Waals surface area contributed by atoms with Gasteiger partial charge >= 0.3 is 11.9 Å². The molecule has 4 N–H and O–H groups in total. The molecule has 0 aromatic carbocycles. The summed E-state index contributed by atoms with van der Waals surface area (Å²) in [5, 5.41) is 33.3. The Morgan fingerprint density at radius 1 is 0.947 bits per heavy atom. The molecule has 108 valence electrons. The van der Waals surface area contributed by atoms with Crippen LogP contribution in [-0.4, -0.2) is 45.6 Å². The molecule has 1 rings (SSSR count). The first-order chi connectivity index (χ1) is 9.04. The fraction of sp³-hybridized carbons (Fsp3) is 0.500. The lowest BCUT2D eigenvalue weighted by atomic mass is 10.2. The van der Waals surface area contributed by atoms with E-state index in [9.17, 15) is 9.59 Å². The minimum Gasteiger partial charge on any atom is -0.478 e. The van der Waals surface area contributed by atoms with Gasteiger partial charge in [-0.3, -0.25) is 0 Å². The second kappa shape index (κ2) is 10.1. The molecule has 1 aromatic rings. The third-order valence-electron chi connectivity index (χ3n) is 2.16. The summed E-state index contributed by atoms with van der Waals surface area (Å²) < 4.78 is 4.41. The van der Waals surface area contributed by atoms with E-state index in [4.69, 9.17) is 20.4 Å². The SMILES string of the molecule is O=C(O)c1ccoc1C(=O)O.OCCCCCCO. The first kappa shape index (κ1) is 17.1. The van der Waals surface area contributed by atoms with Crippen molar-refractivity contribution in [3.63, 3.8) is 0 Å². The number of aliphatic hydroxyl groups is 2. The van der Waals surface area contributed by atoms with E-state index in [1.807, 2.05) is 0 Å². The molecule has 0 bridgehead atoms. The second-order valence-electron chi connectivity index (χ2n) is 3.64. The number of aliphatic hydroxyl groups excluding tert-OH is 2. The fourth-order valence-corrected chi connectivity index (χ4v) is 1.22. The van der Waals surface area contributed by atoms with Crippen molar-refractivity contribution in [3.8, 4) is 0 Å². The van der Waals surface area contributed by atoms with Gasteiger partial charge in [0.25, 0.3) is 0 Å². The van der Waals surface area contributed by atoms with Crippen molar-refractivity contribution >= 4 is 11.9 Å². The number of furan rings is 1. The van der Waals surface area contributed by atoms with Gasteiger partial charge in [-0.1, -0.05) is 12.8 Å². The smallest absolute Gasteiger partial charge is 0.372 e. The monoisotopic (exact) mass is 274 g/mol. The lowest BCUT2D eigenvalue weighted by Crippen LogP contribution is -2.03. The molecule has 0 unspecified atom stereocenters. The Hall–Kier alpha value is -1.86. The van der Waals surface area contributed by atoms with E-state index in [-0.39, 0.29) is 18.8 Å². The van der Waals surface area contributed by atoms with Crippen LogP contribution in [-0.2, 0) is 0 Å². The average Bonchev–Trinajstić information content (AvgIpc) is 2.85. The second-order valence-corrected chi connectivity index (χ2v) is 3.64. The van der Waals surface area contributed by atoms with Crippen LogP contribution in [0.5, 0.6) is 0 Å². The van der Waals surface area contributed by atoms with E-state index >= 15 is 0 Å². The molecule has 0 fully saturated rings. The van der Waals surface area contributed by atoms with E-state index in [1.165, 1.54) is 0 Å². The zero-order valence-electron chi connectivity index (χ0n) is 10.4. The molecule has 1 aromatic heterocycles. The molecular weight excluding hydrogens is 256 g/mol. The van der Waals surface area contributed by atoms with Gasteiger partial charge in [0.05, 0.1) is 6.26 Å². The normalized spacial score (nSPS) is 9.58. The summed E-state index contributed by atoms with van der Waals surface area (Å²) in [6.07, 6.45) is 4.85. The molecule has 0 aliphatic heterocycles. The summed E-state index contributed by atoms with van der Waals surface area (Å²) in [6.45, 7) is 0.566. The quantitative estimate of drug-likeness (QED) is 0.550. The maximum atomic E-state index is 10.3. The summed E-state index contributed by atoms with van der Waals surface area (Å²) in [4.78, 5) is 20.5. The fourth-order valence-electron chi connectivity index (χ4n) is 1.22. The molecule has 0 atom stereocenters. The molecule has 7 nitrogen and oxygen atoms in total. The minimum absolute atomic E-state index is 0.283. The topological polar surface area (TPSA) is 128 Å². The van der Waals surface area contributed by atoms with Crippen LogP contribution in [0.2, 0.25) is 0 Å². The Balaban J connectivity index is 0.000000362. The number of rotatable bonds is 7. The lowest BCUT2D eigenvalue weighted by molar-refractivity contribution is 0.0626. The number of carboxylic acids is 2. The van der Waals surface area contributed by atoms with Crippen LogP contribution in [0.4, 0.5) is 0 Å². The number of hydrogen-bond acceptors (Lipinski definition) is 5. The Morgan fingerprint density at radius 2 is 1.47 bits per heavy atom. The first-order valence-corrected chi connectivity index (χ1v) is 5.80. The zero-order valence-corrected chi connectivity index (χ0v) is 10.4. The molecule has 0 saturated heterocycles. The highest BCUT2D eigenvalue weighted by Gasteiger charge is 2.18. The number of carbonyl (C=O) groups is 2. The average molecular weight is 274 g/mol. The van der Waals surface area contributed by atoms with Crippen LogP contribution < -0.4 is 0 Å². The van der Waals surface area contributed by atoms with Gasteiger partial charge < -0.3 is 24.8 Å². The molecule has 1 heterocycles. The Labute approximate surface area is 110 Å². The molecular formula is C12H18O7. The van der Waals surface area contributed by atoms with Crippen LogP contribution in [0.15, 0.2) is 16.7 Å². The maximum absolute atomic E-state index is 10.3. The van der Waals surface area contributed by atoms with Gasteiger partial charge in [0.1, 0.15) is 5.56 Å². The van der Waals surface area contributed by atoms with E-state index in [0.29, 0.717) is 0 Å². The third kappa shape index (κ3) is 7.22. The number of aromatic carboxylic acids is 2. The third-order valence-corrected chi connectivity index (χ3v) is 2.16. The summed E-state index contributed by atoms with van der Waals surface area (Å²) in [5.41, 5.74) is -0.336. The van der Waals surface area contributed by atoms with Gasteiger partial charge in [0, 0.05) is 13.2 Å². The van der Waals surface area contributed by atoms with Crippen molar-refractivity contribution in [1.82, 2.24) is 0 Å². The summed E-state index contributed by atoms with van der Waals surface area (Å²) in [7, 11) is 0. The van der Waals surface area contributed by atoms with Gasteiger partial charge in [-0.2, -0.15) is 0 Å². The maximum Gasteiger partial charge on any atom is 0.372 e. The highest BCUT2D eigenvalue weighted by Crippen LogP contribution is 2.09. The molecule has 0 radical (unpaired) electrons. The van der Waals surface area contributed by atoms with Crippen molar-refractivity contribution in [2.24, 2.45) is 0 Å². The van der Waals surface area contributed by atoms with Crippen molar-refractivity contribution in [2.45, 2.75) is 25.7 Å². The zero-order chi connectivity index (χ0) is 14.7. The van der Waals surface area contributed by atoms with Crippen LogP contribution in [0.3, 0.4) is 0 Å². The Bertz CT molecular complexity index is 349. The van der Waals surface area contributed by atoms with Crippen molar-refractivity contribution in [3.05, 3.63) is 23.7 Å². The number of hydrogen-bond donors (Lipinski definition) is 4. The minimum atomic E-state index is -1.38. The van der Waals surface area contributed by atoms with Crippen molar-refractivity contribution in [1.29, 1.82) is 0 Å².